The van der Waals surface area contributed by atoms with Gasteiger partial charge in [0.15, 0.2) is 6.61 Å². The monoisotopic (exact) mass is 445 g/mol. The standard InChI is InChI=1S/C25H23N3O3S/c1-17-8-10-18(11-9-17)20-12-15-32-23(20)25(30)31-16-21(29)27-22(19-6-4-3-5-7-19)24-26-13-14-28(24)2/h3-15,22H,16H2,1-2H3,(H,27,29). The molecule has 6 nitrogen and oxygen atoms in total. The first kappa shape index (κ1) is 21.5. The summed E-state index contributed by atoms with van der Waals surface area (Å²) in [6.07, 6.45) is 3.50. The third-order valence-corrected chi connectivity index (χ3v) is 6.00. The second kappa shape index (κ2) is 9.62. The minimum atomic E-state index is -0.515. The lowest BCUT2D eigenvalue weighted by Gasteiger charge is -2.19. The summed E-state index contributed by atoms with van der Waals surface area (Å²) in [5, 5.41) is 4.78. The van der Waals surface area contributed by atoms with Crippen molar-refractivity contribution < 1.29 is 14.3 Å². The molecule has 2 aromatic carbocycles. The molecule has 0 bridgehead atoms. The molecule has 4 aromatic rings. The van der Waals surface area contributed by atoms with Gasteiger partial charge in [-0.1, -0.05) is 60.2 Å². The van der Waals surface area contributed by atoms with Crippen LogP contribution in [0.2, 0.25) is 0 Å². The van der Waals surface area contributed by atoms with Crippen molar-refractivity contribution in [1.82, 2.24) is 14.9 Å². The van der Waals surface area contributed by atoms with Crippen LogP contribution in [-0.4, -0.2) is 28.0 Å². The van der Waals surface area contributed by atoms with E-state index in [0.717, 1.165) is 22.3 Å². The average Bonchev–Trinajstić information content (AvgIpc) is 3.46. The number of aryl methyl sites for hydroxylation is 2. The van der Waals surface area contributed by atoms with Crippen molar-refractivity contribution >= 4 is 23.2 Å². The highest BCUT2D eigenvalue weighted by molar-refractivity contribution is 7.12. The maximum Gasteiger partial charge on any atom is 0.349 e. The Morgan fingerprint density at radius 3 is 2.53 bits per heavy atom. The number of hydrogen-bond acceptors (Lipinski definition) is 5. The van der Waals surface area contributed by atoms with Gasteiger partial charge in [-0.25, -0.2) is 9.78 Å². The predicted octanol–water partition coefficient (Wildman–Crippen LogP) is 4.52. The molecule has 0 radical (unpaired) electrons. The van der Waals surface area contributed by atoms with Gasteiger partial charge >= 0.3 is 5.97 Å². The van der Waals surface area contributed by atoms with Crippen molar-refractivity contribution in [1.29, 1.82) is 0 Å². The summed E-state index contributed by atoms with van der Waals surface area (Å²) in [6.45, 7) is 1.64. The zero-order chi connectivity index (χ0) is 22.5. The molecule has 0 spiro atoms. The fourth-order valence-electron chi connectivity index (χ4n) is 3.42. The van der Waals surface area contributed by atoms with Gasteiger partial charge in [-0.3, -0.25) is 4.79 Å². The molecule has 7 heteroatoms. The number of nitrogens with one attached hydrogen (secondary N) is 1. The van der Waals surface area contributed by atoms with E-state index in [1.54, 1.807) is 6.20 Å². The first-order valence-corrected chi connectivity index (χ1v) is 11.0. The number of nitrogens with zero attached hydrogens (tertiary/aromatic N) is 2. The molecule has 0 fully saturated rings. The maximum absolute atomic E-state index is 12.7. The number of aromatic nitrogens is 2. The largest absolute Gasteiger partial charge is 0.451 e. The van der Waals surface area contributed by atoms with E-state index in [1.165, 1.54) is 11.3 Å². The lowest BCUT2D eigenvalue weighted by Crippen LogP contribution is -2.34. The van der Waals surface area contributed by atoms with Gasteiger partial charge in [0.2, 0.25) is 0 Å². The minimum absolute atomic E-state index is 0.377. The second-order valence-electron chi connectivity index (χ2n) is 7.41. The predicted molar refractivity (Wildman–Crippen MR) is 124 cm³/mol. The highest BCUT2D eigenvalue weighted by Gasteiger charge is 2.22. The highest BCUT2D eigenvalue weighted by Crippen LogP contribution is 2.29. The van der Waals surface area contributed by atoms with Gasteiger partial charge in [0.25, 0.3) is 5.91 Å². The van der Waals surface area contributed by atoms with E-state index in [9.17, 15) is 9.59 Å². The molecule has 4 rings (SSSR count). The number of esters is 1. The fourth-order valence-corrected chi connectivity index (χ4v) is 4.23. The Hall–Kier alpha value is -3.71. The molecule has 32 heavy (non-hydrogen) atoms. The summed E-state index contributed by atoms with van der Waals surface area (Å²) < 4.78 is 7.20. The molecule has 1 N–H and O–H groups in total. The smallest absolute Gasteiger partial charge is 0.349 e. The van der Waals surface area contributed by atoms with Crippen LogP contribution in [0.15, 0.2) is 78.4 Å². The van der Waals surface area contributed by atoms with Gasteiger partial charge in [0.1, 0.15) is 16.7 Å². The molecule has 0 aliphatic heterocycles. The number of hydrogen-bond donors (Lipinski definition) is 1. The quantitative estimate of drug-likeness (QED) is 0.425. The number of benzene rings is 2. The summed E-state index contributed by atoms with van der Waals surface area (Å²) in [7, 11) is 1.87. The van der Waals surface area contributed by atoms with Crippen LogP contribution in [-0.2, 0) is 16.6 Å². The minimum Gasteiger partial charge on any atom is -0.451 e. The Morgan fingerprint density at radius 1 is 1.09 bits per heavy atom. The normalized spacial score (nSPS) is 11.7. The molecule has 2 aromatic heterocycles. The van der Waals surface area contributed by atoms with E-state index < -0.39 is 17.9 Å². The van der Waals surface area contributed by atoms with Crippen LogP contribution in [0.4, 0.5) is 0 Å². The summed E-state index contributed by atoms with van der Waals surface area (Å²) in [4.78, 5) is 30.2. The van der Waals surface area contributed by atoms with Crippen LogP contribution in [0.25, 0.3) is 11.1 Å². The van der Waals surface area contributed by atoms with Gasteiger partial charge in [0, 0.05) is 25.0 Å². The number of rotatable bonds is 7. The number of carbonyl (C=O) groups is 2. The molecule has 2 heterocycles. The van der Waals surface area contributed by atoms with Gasteiger partial charge < -0.3 is 14.6 Å². The molecule has 0 aliphatic rings. The zero-order valence-corrected chi connectivity index (χ0v) is 18.6. The van der Waals surface area contributed by atoms with E-state index in [-0.39, 0.29) is 6.61 Å². The number of amides is 1. The van der Waals surface area contributed by atoms with Gasteiger partial charge in [-0.05, 0) is 29.5 Å². The molecule has 1 amide bonds. The molecule has 162 valence electrons. The van der Waals surface area contributed by atoms with Crippen LogP contribution in [0, 0.1) is 6.92 Å². The van der Waals surface area contributed by atoms with Crippen LogP contribution < -0.4 is 5.32 Å². The fraction of sp³-hybridized carbons (Fsp3) is 0.160. The number of ether oxygens (including phenoxy) is 1. The van der Waals surface area contributed by atoms with Crippen molar-refractivity contribution in [2.75, 3.05) is 6.61 Å². The molecular weight excluding hydrogens is 422 g/mol. The van der Waals surface area contributed by atoms with Crippen molar-refractivity contribution in [2.24, 2.45) is 7.05 Å². The highest BCUT2D eigenvalue weighted by atomic mass is 32.1. The van der Waals surface area contributed by atoms with Gasteiger partial charge in [0.05, 0.1) is 0 Å². The lowest BCUT2D eigenvalue weighted by molar-refractivity contribution is -0.124. The second-order valence-corrected chi connectivity index (χ2v) is 8.33. The Balaban J connectivity index is 1.44. The van der Waals surface area contributed by atoms with Gasteiger partial charge in [-0.15, -0.1) is 11.3 Å². The number of imidazole rings is 1. The Bertz CT molecular complexity index is 1210. The van der Waals surface area contributed by atoms with E-state index in [4.69, 9.17) is 4.74 Å². The first-order chi connectivity index (χ1) is 15.5. The molecule has 0 saturated heterocycles. The molecule has 0 aliphatic carbocycles. The number of thiophene rings is 1. The summed E-state index contributed by atoms with van der Waals surface area (Å²) in [5.74, 6) is -0.224. The van der Waals surface area contributed by atoms with E-state index in [0.29, 0.717) is 10.7 Å². The summed E-state index contributed by atoms with van der Waals surface area (Å²) in [6, 6.07) is 18.9. The number of carbonyl (C=O) groups excluding carboxylic acids is 2. The van der Waals surface area contributed by atoms with Crippen LogP contribution in [0.1, 0.15) is 32.7 Å². The van der Waals surface area contributed by atoms with Crippen LogP contribution in [0.3, 0.4) is 0 Å². The van der Waals surface area contributed by atoms with Crippen molar-refractivity contribution in [3.63, 3.8) is 0 Å². The molecular formula is C25H23N3O3S. The van der Waals surface area contributed by atoms with Gasteiger partial charge in [-0.2, -0.15) is 0 Å². The maximum atomic E-state index is 12.7. The SMILES string of the molecule is Cc1ccc(-c2ccsc2C(=O)OCC(=O)NC(c2ccccc2)c2nccn2C)cc1. The average molecular weight is 446 g/mol. The Morgan fingerprint density at radius 2 is 1.84 bits per heavy atom. The first-order valence-electron chi connectivity index (χ1n) is 10.2. The third kappa shape index (κ3) is 4.78. The summed E-state index contributed by atoms with van der Waals surface area (Å²) >= 11 is 1.30. The molecule has 0 saturated carbocycles. The molecule has 1 unspecified atom stereocenters. The lowest BCUT2D eigenvalue weighted by atomic mass is 10.1. The zero-order valence-electron chi connectivity index (χ0n) is 17.8. The Kier molecular flexibility index (Phi) is 6.47. The van der Waals surface area contributed by atoms with E-state index >= 15 is 0 Å². The topological polar surface area (TPSA) is 73.2 Å². The Labute approximate surface area is 190 Å². The van der Waals surface area contributed by atoms with E-state index in [2.05, 4.69) is 10.3 Å². The van der Waals surface area contributed by atoms with E-state index in [1.807, 2.05) is 90.8 Å². The van der Waals surface area contributed by atoms with Crippen LogP contribution >= 0.6 is 11.3 Å². The van der Waals surface area contributed by atoms with Crippen LogP contribution in [0.5, 0.6) is 0 Å². The van der Waals surface area contributed by atoms with Crippen molar-refractivity contribution in [3.8, 4) is 11.1 Å². The summed E-state index contributed by atoms with van der Waals surface area (Å²) in [5.41, 5.74) is 3.77. The van der Waals surface area contributed by atoms with Crippen molar-refractivity contribution in [2.45, 2.75) is 13.0 Å². The van der Waals surface area contributed by atoms with Crippen molar-refractivity contribution in [3.05, 3.63) is 100 Å². The third-order valence-electron chi connectivity index (χ3n) is 5.10. The molecule has 1 atom stereocenters.